The Labute approximate surface area is 92.2 Å². The van der Waals surface area contributed by atoms with Gasteiger partial charge in [-0.3, -0.25) is 0 Å². The van der Waals surface area contributed by atoms with Gasteiger partial charge in [-0.1, -0.05) is 12.8 Å². The molecule has 1 unspecified atom stereocenters. The predicted octanol–water partition coefficient (Wildman–Crippen LogP) is 0.574. The van der Waals surface area contributed by atoms with E-state index in [2.05, 4.69) is 17.6 Å². The average Bonchev–Trinajstić information content (AvgIpc) is 2.17. The monoisotopic (exact) mass is 230 g/mol. The number of terminal acetylenes is 1. The Morgan fingerprint density at radius 1 is 1.47 bits per heavy atom. The molecule has 5 heteroatoms. The SMILES string of the molecule is C#CC(C)NS(=O)(=O)N1CCC(C)CC1. The lowest BCUT2D eigenvalue weighted by Gasteiger charge is -2.29. The molecule has 1 aliphatic rings. The van der Waals surface area contributed by atoms with Gasteiger partial charge in [0.25, 0.3) is 10.2 Å². The predicted molar refractivity (Wildman–Crippen MR) is 60.3 cm³/mol. The molecule has 1 heterocycles. The highest BCUT2D eigenvalue weighted by Gasteiger charge is 2.26. The van der Waals surface area contributed by atoms with Crippen LogP contribution in [0, 0.1) is 18.3 Å². The Morgan fingerprint density at radius 2 is 2.00 bits per heavy atom. The smallest absolute Gasteiger partial charge is 0.195 e. The van der Waals surface area contributed by atoms with E-state index in [1.54, 1.807) is 6.92 Å². The minimum Gasteiger partial charge on any atom is -0.195 e. The first-order valence-corrected chi connectivity index (χ1v) is 6.63. The van der Waals surface area contributed by atoms with Gasteiger partial charge >= 0.3 is 0 Å². The molecular weight excluding hydrogens is 212 g/mol. The first-order valence-electron chi connectivity index (χ1n) is 5.19. The zero-order valence-electron chi connectivity index (χ0n) is 9.23. The van der Waals surface area contributed by atoms with Crippen LogP contribution in [0.3, 0.4) is 0 Å². The van der Waals surface area contributed by atoms with E-state index in [0.29, 0.717) is 19.0 Å². The molecule has 1 N–H and O–H groups in total. The highest BCUT2D eigenvalue weighted by molar-refractivity contribution is 7.87. The summed E-state index contributed by atoms with van der Waals surface area (Å²) >= 11 is 0. The number of piperidine rings is 1. The lowest BCUT2D eigenvalue weighted by atomic mass is 10.0. The number of rotatable bonds is 3. The Morgan fingerprint density at radius 3 is 2.47 bits per heavy atom. The van der Waals surface area contributed by atoms with E-state index in [1.807, 2.05) is 0 Å². The summed E-state index contributed by atoms with van der Waals surface area (Å²) in [6, 6.07) is -0.450. The first kappa shape index (κ1) is 12.5. The van der Waals surface area contributed by atoms with Gasteiger partial charge in [0.15, 0.2) is 0 Å². The van der Waals surface area contributed by atoms with E-state index in [4.69, 9.17) is 6.42 Å². The molecule has 0 aromatic heterocycles. The Hall–Kier alpha value is -0.570. The second kappa shape index (κ2) is 4.97. The van der Waals surface area contributed by atoms with Gasteiger partial charge < -0.3 is 0 Å². The van der Waals surface area contributed by atoms with E-state index in [9.17, 15) is 8.42 Å². The van der Waals surface area contributed by atoms with Crippen LogP contribution < -0.4 is 4.72 Å². The molecule has 0 aromatic carbocycles. The molecule has 1 fully saturated rings. The van der Waals surface area contributed by atoms with Crippen molar-refractivity contribution in [2.75, 3.05) is 13.1 Å². The van der Waals surface area contributed by atoms with Crippen molar-refractivity contribution in [2.45, 2.75) is 32.7 Å². The third kappa shape index (κ3) is 3.49. The molecule has 1 atom stereocenters. The van der Waals surface area contributed by atoms with E-state index < -0.39 is 16.3 Å². The van der Waals surface area contributed by atoms with E-state index >= 15 is 0 Å². The van der Waals surface area contributed by atoms with Crippen molar-refractivity contribution in [3.63, 3.8) is 0 Å². The second-order valence-electron chi connectivity index (χ2n) is 4.09. The minimum absolute atomic E-state index is 0.450. The van der Waals surface area contributed by atoms with E-state index in [-0.39, 0.29) is 0 Å². The third-order valence-corrected chi connectivity index (χ3v) is 4.35. The molecule has 0 aliphatic carbocycles. The van der Waals surface area contributed by atoms with Crippen molar-refractivity contribution < 1.29 is 8.42 Å². The molecular formula is C10H18N2O2S. The summed E-state index contributed by atoms with van der Waals surface area (Å²) in [4.78, 5) is 0. The van der Waals surface area contributed by atoms with Gasteiger partial charge in [-0.15, -0.1) is 6.42 Å². The van der Waals surface area contributed by atoms with Gasteiger partial charge in [0, 0.05) is 13.1 Å². The molecule has 1 rings (SSSR count). The summed E-state index contributed by atoms with van der Waals surface area (Å²) < 4.78 is 27.5. The largest absolute Gasteiger partial charge is 0.280 e. The van der Waals surface area contributed by atoms with Crippen LogP contribution in [0.2, 0.25) is 0 Å². The van der Waals surface area contributed by atoms with Crippen molar-refractivity contribution in [2.24, 2.45) is 5.92 Å². The molecule has 0 saturated carbocycles. The summed E-state index contributed by atoms with van der Waals surface area (Å²) in [6.07, 6.45) is 6.98. The molecule has 0 spiro atoms. The van der Waals surface area contributed by atoms with Crippen LogP contribution in [0.1, 0.15) is 26.7 Å². The van der Waals surface area contributed by atoms with Crippen LogP contribution in [-0.4, -0.2) is 31.9 Å². The summed E-state index contributed by atoms with van der Waals surface area (Å²) in [7, 11) is -3.38. The normalized spacial score (nSPS) is 22.2. The molecule has 0 radical (unpaired) electrons. The molecule has 0 amide bonds. The van der Waals surface area contributed by atoms with Crippen molar-refractivity contribution >= 4 is 10.2 Å². The van der Waals surface area contributed by atoms with Crippen molar-refractivity contribution in [1.82, 2.24) is 9.03 Å². The maximum Gasteiger partial charge on any atom is 0.280 e. The summed E-state index contributed by atoms with van der Waals surface area (Å²) in [5, 5.41) is 0. The summed E-state index contributed by atoms with van der Waals surface area (Å²) in [6.45, 7) is 4.98. The minimum atomic E-state index is -3.38. The number of nitrogens with one attached hydrogen (secondary N) is 1. The summed E-state index contributed by atoms with van der Waals surface area (Å²) in [5.74, 6) is 2.96. The van der Waals surface area contributed by atoms with Gasteiger partial charge in [0.2, 0.25) is 0 Å². The van der Waals surface area contributed by atoms with Crippen molar-refractivity contribution in [1.29, 1.82) is 0 Å². The maximum absolute atomic E-state index is 11.8. The average molecular weight is 230 g/mol. The quantitative estimate of drug-likeness (QED) is 0.721. The highest BCUT2D eigenvalue weighted by atomic mass is 32.2. The molecule has 1 saturated heterocycles. The Bertz CT molecular complexity index is 337. The molecule has 0 bridgehead atoms. The topological polar surface area (TPSA) is 49.4 Å². The zero-order chi connectivity index (χ0) is 11.5. The first-order chi connectivity index (χ1) is 6.95. The summed E-state index contributed by atoms with van der Waals surface area (Å²) in [5.41, 5.74) is 0. The fourth-order valence-electron chi connectivity index (χ4n) is 1.56. The van der Waals surface area contributed by atoms with Crippen LogP contribution in [-0.2, 0) is 10.2 Å². The van der Waals surface area contributed by atoms with Crippen LogP contribution in [0.25, 0.3) is 0 Å². The van der Waals surface area contributed by atoms with Crippen molar-refractivity contribution in [3.8, 4) is 12.3 Å². The van der Waals surface area contributed by atoms with Gasteiger partial charge in [-0.05, 0) is 25.7 Å². The fraction of sp³-hybridized carbons (Fsp3) is 0.800. The maximum atomic E-state index is 11.8. The van der Waals surface area contributed by atoms with Crippen LogP contribution >= 0.6 is 0 Å². The molecule has 86 valence electrons. The fourth-order valence-corrected chi connectivity index (χ4v) is 2.91. The molecule has 15 heavy (non-hydrogen) atoms. The second-order valence-corrected chi connectivity index (χ2v) is 5.80. The molecule has 1 aliphatic heterocycles. The van der Waals surface area contributed by atoms with E-state index in [1.165, 1.54) is 4.31 Å². The number of nitrogens with zero attached hydrogens (tertiary/aromatic N) is 1. The number of hydrogen-bond acceptors (Lipinski definition) is 2. The lowest BCUT2D eigenvalue weighted by Crippen LogP contribution is -2.47. The van der Waals surface area contributed by atoms with Gasteiger partial charge in [-0.2, -0.15) is 17.4 Å². The van der Waals surface area contributed by atoms with Crippen molar-refractivity contribution in [3.05, 3.63) is 0 Å². The van der Waals surface area contributed by atoms with E-state index in [0.717, 1.165) is 12.8 Å². The lowest BCUT2D eigenvalue weighted by molar-refractivity contribution is 0.284. The third-order valence-electron chi connectivity index (χ3n) is 2.66. The number of hydrogen-bond donors (Lipinski definition) is 1. The van der Waals surface area contributed by atoms with Crippen LogP contribution in [0.15, 0.2) is 0 Å². The van der Waals surface area contributed by atoms with Gasteiger partial charge in [0.1, 0.15) is 0 Å². The Balaban J connectivity index is 2.59. The zero-order valence-corrected chi connectivity index (χ0v) is 10.0. The molecule has 4 nitrogen and oxygen atoms in total. The Kier molecular flexibility index (Phi) is 4.14. The molecule has 0 aromatic rings. The van der Waals surface area contributed by atoms with Crippen LogP contribution in [0.4, 0.5) is 0 Å². The van der Waals surface area contributed by atoms with Gasteiger partial charge in [-0.25, -0.2) is 0 Å². The highest BCUT2D eigenvalue weighted by Crippen LogP contribution is 2.17. The standard InChI is InChI=1S/C10H18N2O2S/c1-4-10(3)11-15(13,14)12-7-5-9(2)6-8-12/h1,9-11H,5-8H2,2-3H3. The van der Waals surface area contributed by atoms with Gasteiger partial charge in [0.05, 0.1) is 6.04 Å². The van der Waals surface area contributed by atoms with Crippen LogP contribution in [0.5, 0.6) is 0 Å².